The average Bonchev–Trinajstić information content (AvgIpc) is 3.02. The van der Waals surface area contributed by atoms with Crippen molar-refractivity contribution in [1.82, 2.24) is 35.1 Å². The summed E-state index contributed by atoms with van der Waals surface area (Å²) in [6.45, 7) is 11.3. The van der Waals surface area contributed by atoms with E-state index >= 15 is 0 Å². The second-order valence-electron chi connectivity index (χ2n) is 7.58. The van der Waals surface area contributed by atoms with Gasteiger partial charge < -0.3 is 4.90 Å². The van der Waals surface area contributed by atoms with Crippen molar-refractivity contribution in [2.24, 2.45) is 0 Å². The van der Waals surface area contributed by atoms with Crippen LogP contribution >= 0.6 is 0 Å². The van der Waals surface area contributed by atoms with E-state index in [2.05, 4.69) is 57.1 Å². The molecule has 1 unspecified atom stereocenters. The number of hydrogen-bond acceptors (Lipinski definition) is 6. The van der Waals surface area contributed by atoms with E-state index in [1.165, 1.54) is 18.5 Å². The number of tetrazole rings is 1. The molecule has 3 rings (SSSR count). The number of aromatic nitrogens is 6. The van der Waals surface area contributed by atoms with Gasteiger partial charge in [0.15, 0.2) is 5.82 Å². The maximum Gasteiger partial charge on any atom is 0.176 e. The first-order valence-corrected chi connectivity index (χ1v) is 8.73. The van der Waals surface area contributed by atoms with Gasteiger partial charge in [0, 0.05) is 37.3 Å². The van der Waals surface area contributed by atoms with Gasteiger partial charge in [0.25, 0.3) is 0 Å². The predicted octanol–water partition coefficient (Wildman–Crippen LogP) is 1.95. The zero-order valence-electron chi connectivity index (χ0n) is 15.1. The van der Waals surface area contributed by atoms with Crippen LogP contribution in [0.25, 0.3) is 0 Å². The Morgan fingerprint density at radius 1 is 1.29 bits per heavy atom. The van der Waals surface area contributed by atoms with Gasteiger partial charge in [-0.3, -0.25) is 0 Å². The van der Waals surface area contributed by atoms with Gasteiger partial charge in [0.2, 0.25) is 0 Å². The van der Waals surface area contributed by atoms with E-state index in [0.29, 0.717) is 5.92 Å². The quantitative estimate of drug-likeness (QED) is 0.853. The summed E-state index contributed by atoms with van der Waals surface area (Å²) in [6, 6.07) is 2.05. The number of aryl methyl sites for hydroxylation is 1. The van der Waals surface area contributed by atoms with Gasteiger partial charge in [-0.2, -0.15) is 4.80 Å². The van der Waals surface area contributed by atoms with E-state index in [0.717, 1.165) is 37.7 Å². The monoisotopic (exact) mass is 329 g/mol. The first-order chi connectivity index (χ1) is 11.4. The summed E-state index contributed by atoms with van der Waals surface area (Å²) in [5.41, 5.74) is 1.05. The Balaban J connectivity index is 1.57. The summed E-state index contributed by atoms with van der Waals surface area (Å²) in [6.07, 6.45) is 5.11. The first-order valence-electron chi connectivity index (χ1n) is 8.73. The van der Waals surface area contributed by atoms with Crippen LogP contribution in [0.1, 0.15) is 56.9 Å². The largest absolute Gasteiger partial charge is 0.302 e. The molecule has 0 aromatic carbocycles. The number of hydrogen-bond donors (Lipinski definition) is 0. The van der Waals surface area contributed by atoms with Gasteiger partial charge in [-0.1, -0.05) is 0 Å². The minimum atomic E-state index is -0.119. The van der Waals surface area contributed by atoms with Gasteiger partial charge >= 0.3 is 0 Å². The first kappa shape index (κ1) is 17.0. The molecule has 7 nitrogen and oxygen atoms in total. The van der Waals surface area contributed by atoms with Crippen molar-refractivity contribution in [3.8, 4) is 0 Å². The molecule has 1 atom stereocenters. The molecule has 2 aromatic rings. The maximum absolute atomic E-state index is 4.60. The van der Waals surface area contributed by atoms with Crippen LogP contribution in [-0.4, -0.2) is 54.7 Å². The minimum Gasteiger partial charge on any atom is -0.302 e. The highest BCUT2D eigenvalue weighted by molar-refractivity contribution is 5.10. The Bertz CT molecular complexity index is 674. The normalized spacial score (nSPS) is 19.6. The Kier molecular flexibility index (Phi) is 4.89. The molecular formula is C17H27N7. The lowest BCUT2D eigenvalue weighted by Crippen LogP contribution is -2.36. The van der Waals surface area contributed by atoms with Crippen molar-refractivity contribution in [3.05, 3.63) is 29.6 Å². The number of rotatable bonds is 4. The Morgan fingerprint density at radius 3 is 2.83 bits per heavy atom. The average molecular weight is 329 g/mol. The van der Waals surface area contributed by atoms with Crippen molar-refractivity contribution in [2.75, 3.05) is 19.6 Å². The number of likely N-dealkylation sites (tertiary alicyclic amines) is 1. The standard InChI is InChI=1S/C17H27N7/c1-13-18-9-7-15(19-13)14-6-5-10-23(12-14)11-8-16-20-22-24(21-16)17(2,3)4/h7,9,14H,5-6,8,10-12H2,1-4H3. The van der Waals surface area contributed by atoms with Crippen molar-refractivity contribution >= 4 is 0 Å². The number of piperidine rings is 1. The van der Waals surface area contributed by atoms with Crippen molar-refractivity contribution in [2.45, 2.75) is 58.4 Å². The molecule has 3 heterocycles. The lowest BCUT2D eigenvalue weighted by molar-refractivity contribution is 0.207. The number of nitrogens with zero attached hydrogens (tertiary/aromatic N) is 7. The third-order valence-electron chi connectivity index (χ3n) is 4.43. The van der Waals surface area contributed by atoms with Gasteiger partial charge in [0.05, 0.1) is 5.54 Å². The summed E-state index contributed by atoms with van der Waals surface area (Å²) in [7, 11) is 0. The van der Waals surface area contributed by atoms with Gasteiger partial charge in [0.1, 0.15) is 5.82 Å². The van der Waals surface area contributed by atoms with Gasteiger partial charge in [-0.15, -0.1) is 10.2 Å². The third-order valence-corrected chi connectivity index (χ3v) is 4.43. The molecule has 0 saturated carbocycles. The lowest BCUT2D eigenvalue weighted by atomic mass is 9.94. The fraction of sp³-hybridized carbons (Fsp3) is 0.706. The molecule has 0 N–H and O–H groups in total. The molecule has 1 fully saturated rings. The molecule has 1 aliphatic rings. The molecular weight excluding hydrogens is 302 g/mol. The molecule has 0 radical (unpaired) electrons. The topological polar surface area (TPSA) is 72.6 Å². The second kappa shape index (κ2) is 6.93. The third kappa shape index (κ3) is 4.14. The van der Waals surface area contributed by atoms with E-state index in [9.17, 15) is 0 Å². The minimum absolute atomic E-state index is 0.119. The zero-order valence-corrected chi connectivity index (χ0v) is 15.1. The summed E-state index contributed by atoms with van der Waals surface area (Å²) in [4.78, 5) is 13.0. The predicted molar refractivity (Wildman–Crippen MR) is 91.7 cm³/mol. The molecule has 24 heavy (non-hydrogen) atoms. The highest BCUT2D eigenvalue weighted by Crippen LogP contribution is 2.25. The van der Waals surface area contributed by atoms with Crippen molar-refractivity contribution < 1.29 is 0 Å². The summed E-state index contributed by atoms with van der Waals surface area (Å²) in [5.74, 6) is 2.18. The Hall–Kier alpha value is -1.89. The van der Waals surface area contributed by atoms with Crippen LogP contribution in [-0.2, 0) is 12.0 Å². The lowest BCUT2D eigenvalue weighted by Gasteiger charge is -2.32. The second-order valence-corrected chi connectivity index (χ2v) is 7.58. The van der Waals surface area contributed by atoms with Crippen molar-refractivity contribution in [1.29, 1.82) is 0 Å². The molecule has 130 valence electrons. The summed E-state index contributed by atoms with van der Waals surface area (Å²) >= 11 is 0. The summed E-state index contributed by atoms with van der Waals surface area (Å²) in [5, 5.41) is 12.9. The van der Waals surface area contributed by atoms with Gasteiger partial charge in [-0.25, -0.2) is 9.97 Å². The highest BCUT2D eigenvalue weighted by atomic mass is 15.6. The van der Waals surface area contributed by atoms with Crippen LogP contribution in [0.5, 0.6) is 0 Å². The Morgan fingerprint density at radius 2 is 2.12 bits per heavy atom. The van der Waals surface area contributed by atoms with E-state index in [1.807, 2.05) is 13.1 Å². The molecule has 0 bridgehead atoms. The van der Waals surface area contributed by atoms with Crippen LogP contribution in [0.15, 0.2) is 12.3 Å². The van der Waals surface area contributed by atoms with Crippen molar-refractivity contribution in [3.63, 3.8) is 0 Å². The Labute approximate surface area is 143 Å². The van der Waals surface area contributed by atoms with Crippen LogP contribution in [0.4, 0.5) is 0 Å². The summed E-state index contributed by atoms with van der Waals surface area (Å²) < 4.78 is 0. The SMILES string of the molecule is Cc1nccc(C2CCCN(CCc3nnn(C(C)(C)C)n3)C2)n1. The fourth-order valence-corrected chi connectivity index (χ4v) is 3.09. The smallest absolute Gasteiger partial charge is 0.176 e. The zero-order chi connectivity index (χ0) is 17.2. The molecule has 1 aliphatic heterocycles. The molecule has 0 aliphatic carbocycles. The maximum atomic E-state index is 4.60. The van der Waals surface area contributed by atoms with E-state index in [-0.39, 0.29) is 5.54 Å². The molecule has 1 saturated heterocycles. The van der Waals surface area contributed by atoms with E-state index in [4.69, 9.17) is 0 Å². The molecule has 0 spiro atoms. The highest BCUT2D eigenvalue weighted by Gasteiger charge is 2.23. The molecule has 7 heteroatoms. The van der Waals surface area contributed by atoms with Gasteiger partial charge in [-0.05, 0) is 58.4 Å². The van der Waals surface area contributed by atoms with Crippen LogP contribution in [0.2, 0.25) is 0 Å². The van der Waals surface area contributed by atoms with E-state index < -0.39 is 0 Å². The molecule has 0 amide bonds. The van der Waals surface area contributed by atoms with E-state index in [1.54, 1.807) is 4.80 Å². The van der Waals surface area contributed by atoms with Crippen LogP contribution in [0, 0.1) is 6.92 Å². The van der Waals surface area contributed by atoms with Crippen LogP contribution < -0.4 is 0 Å². The fourth-order valence-electron chi connectivity index (χ4n) is 3.09. The van der Waals surface area contributed by atoms with Crippen LogP contribution in [0.3, 0.4) is 0 Å². The molecule has 2 aromatic heterocycles.